The number of rotatable bonds is 5. The number of hydrogen-bond donors (Lipinski definition) is 1. The van der Waals surface area contributed by atoms with Crippen LogP contribution in [-0.2, 0) is 16.1 Å². The molecule has 6 nitrogen and oxygen atoms in total. The van der Waals surface area contributed by atoms with E-state index in [1.807, 2.05) is 17.0 Å². The van der Waals surface area contributed by atoms with Gasteiger partial charge in [-0.25, -0.2) is 0 Å². The quantitative estimate of drug-likeness (QED) is 0.812. The van der Waals surface area contributed by atoms with Crippen LogP contribution in [0.2, 0.25) is 5.02 Å². The Morgan fingerprint density at radius 1 is 0.966 bits per heavy atom. The van der Waals surface area contributed by atoms with Gasteiger partial charge in [0.1, 0.15) is 0 Å². The minimum absolute atomic E-state index is 0.0689. The van der Waals surface area contributed by atoms with Gasteiger partial charge in [0.15, 0.2) is 0 Å². The van der Waals surface area contributed by atoms with E-state index in [2.05, 4.69) is 5.32 Å². The van der Waals surface area contributed by atoms with Gasteiger partial charge in [-0.3, -0.25) is 14.4 Å². The summed E-state index contributed by atoms with van der Waals surface area (Å²) < 4.78 is 0. The fourth-order valence-corrected chi connectivity index (χ4v) is 4.05. The summed E-state index contributed by atoms with van der Waals surface area (Å²) in [5, 5.41) is 3.27. The summed E-state index contributed by atoms with van der Waals surface area (Å²) in [7, 11) is 0. The van der Waals surface area contributed by atoms with E-state index in [0.29, 0.717) is 47.9 Å². The Morgan fingerprint density at radius 3 is 2.31 bits per heavy atom. The van der Waals surface area contributed by atoms with Crippen molar-refractivity contribution in [1.82, 2.24) is 4.90 Å². The number of halogens is 1. The largest absolute Gasteiger partial charge is 0.338 e. The number of likely N-dealkylation sites (tertiary alicyclic amines) is 1. The van der Waals surface area contributed by atoms with E-state index in [9.17, 15) is 14.4 Å². The second-order valence-electron chi connectivity index (χ2n) is 7.39. The summed E-state index contributed by atoms with van der Waals surface area (Å²) in [5.74, 6) is 0.0112. The third kappa shape index (κ3) is 4.27. The number of amides is 3. The molecule has 2 aliphatic heterocycles. The first-order valence-electron chi connectivity index (χ1n) is 9.79. The molecule has 2 fully saturated rings. The van der Waals surface area contributed by atoms with Crippen LogP contribution in [0.15, 0.2) is 42.5 Å². The molecule has 0 atom stereocenters. The van der Waals surface area contributed by atoms with Crippen molar-refractivity contribution in [3.05, 3.63) is 58.6 Å². The average Bonchev–Trinajstić information content (AvgIpc) is 3.31. The molecular weight excluding hydrogens is 390 g/mol. The van der Waals surface area contributed by atoms with Crippen molar-refractivity contribution in [2.24, 2.45) is 0 Å². The third-order valence-corrected chi connectivity index (χ3v) is 5.63. The smallest absolute Gasteiger partial charge is 0.255 e. The van der Waals surface area contributed by atoms with Crippen LogP contribution in [0.3, 0.4) is 0 Å². The van der Waals surface area contributed by atoms with Crippen LogP contribution in [0.4, 0.5) is 11.4 Å². The molecule has 0 aromatic heterocycles. The summed E-state index contributed by atoms with van der Waals surface area (Å²) >= 11 is 6.34. The van der Waals surface area contributed by atoms with Crippen LogP contribution in [0.1, 0.15) is 41.6 Å². The first kappa shape index (κ1) is 19.5. The lowest BCUT2D eigenvalue weighted by Crippen LogP contribution is -2.24. The molecule has 4 rings (SSSR count). The number of nitrogens with one attached hydrogen (secondary N) is 1. The maximum atomic E-state index is 12.5. The molecule has 1 N–H and O–H groups in total. The Morgan fingerprint density at radius 2 is 1.69 bits per heavy atom. The Kier molecular flexibility index (Phi) is 5.53. The van der Waals surface area contributed by atoms with Crippen molar-refractivity contribution in [2.75, 3.05) is 23.3 Å². The molecule has 7 heteroatoms. The zero-order valence-corrected chi connectivity index (χ0v) is 16.7. The van der Waals surface area contributed by atoms with Crippen LogP contribution in [0.25, 0.3) is 0 Å². The lowest BCUT2D eigenvalue weighted by molar-refractivity contribution is -0.128. The van der Waals surface area contributed by atoms with Crippen molar-refractivity contribution in [3.63, 3.8) is 0 Å². The fourth-order valence-electron chi connectivity index (χ4n) is 3.76. The monoisotopic (exact) mass is 411 g/mol. The molecule has 0 radical (unpaired) electrons. The molecule has 3 amide bonds. The van der Waals surface area contributed by atoms with Gasteiger partial charge in [-0.05, 0) is 48.7 Å². The molecule has 2 saturated heterocycles. The predicted molar refractivity (Wildman–Crippen MR) is 112 cm³/mol. The molecule has 150 valence electrons. The van der Waals surface area contributed by atoms with Crippen LogP contribution >= 0.6 is 11.6 Å². The Labute approximate surface area is 174 Å². The van der Waals surface area contributed by atoms with Gasteiger partial charge in [0.2, 0.25) is 11.8 Å². The zero-order chi connectivity index (χ0) is 20.4. The van der Waals surface area contributed by atoms with Crippen molar-refractivity contribution in [2.45, 2.75) is 32.2 Å². The van der Waals surface area contributed by atoms with Crippen LogP contribution in [0, 0.1) is 0 Å². The molecule has 29 heavy (non-hydrogen) atoms. The van der Waals surface area contributed by atoms with E-state index in [1.165, 1.54) is 0 Å². The number of anilines is 2. The number of nitrogens with zero attached hydrogens (tertiary/aromatic N) is 2. The van der Waals surface area contributed by atoms with Crippen molar-refractivity contribution in [3.8, 4) is 0 Å². The van der Waals surface area contributed by atoms with E-state index in [0.717, 1.165) is 24.9 Å². The van der Waals surface area contributed by atoms with Gasteiger partial charge in [0, 0.05) is 43.7 Å². The maximum Gasteiger partial charge on any atom is 0.255 e. The summed E-state index contributed by atoms with van der Waals surface area (Å²) in [6, 6.07) is 12.4. The van der Waals surface area contributed by atoms with Gasteiger partial charge in [0.05, 0.1) is 10.7 Å². The third-order valence-electron chi connectivity index (χ3n) is 5.33. The van der Waals surface area contributed by atoms with Crippen LogP contribution in [-0.4, -0.2) is 35.7 Å². The van der Waals surface area contributed by atoms with E-state index < -0.39 is 0 Å². The molecule has 0 spiro atoms. The van der Waals surface area contributed by atoms with Crippen molar-refractivity contribution >= 4 is 40.7 Å². The number of benzene rings is 2. The van der Waals surface area contributed by atoms with Gasteiger partial charge < -0.3 is 15.1 Å². The Bertz CT molecular complexity index is 958. The highest BCUT2D eigenvalue weighted by molar-refractivity contribution is 6.34. The van der Waals surface area contributed by atoms with Crippen LogP contribution in [0.5, 0.6) is 0 Å². The lowest BCUT2D eigenvalue weighted by Gasteiger charge is -2.18. The predicted octanol–water partition coefficient (Wildman–Crippen LogP) is 3.84. The second-order valence-corrected chi connectivity index (χ2v) is 7.79. The van der Waals surface area contributed by atoms with E-state index in [4.69, 9.17) is 11.6 Å². The highest BCUT2D eigenvalue weighted by Gasteiger charge is 2.24. The minimum atomic E-state index is -0.241. The second kappa shape index (κ2) is 8.25. The summed E-state index contributed by atoms with van der Waals surface area (Å²) in [4.78, 5) is 39.7. The Hall–Kier alpha value is -2.86. The van der Waals surface area contributed by atoms with Crippen molar-refractivity contribution in [1.29, 1.82) is 0 Å². The summed E-state index contributed by atoms with van der Waals surface area (Å²) in [5.41, 5.74) is 2.77. The normalized spacial score (nSPS) is 16.6. The lowest BCUT2D eigenvalue weighted by atomic mass is 10.1. The van der Waals surface area contributed by atoms with Gasteiger partial charge >= 0.3 is 0 Å². The van der Waals surface area contributed by atoms with Gasteiger partial charge in [-0.1, -0.05) is 23.7 Å². The first-order chi connectivity index (χ1) is 14.0. The van der Waals surface area contributed by atoms with E-state index in [1.54, 1.807) is 35.2 Å². The molecule has 0 saturated carbocycles. The number of carbonyl (C=O) groups is 3. The standard InChI is InChI=1S/C22H22ClN3O3/c23-18-13-17(9-10-19(18)26-12-2-4-21(26)28)24-22(29)16-7-5-15(6-8-16)14-25-11-1-3-20(25)27/h5-10,13H,1-4,11-12,14H2,(H,24,29). The summed E-state index contributed by atoms with van der Waals surface area (Å²) in [6.45, 7) is 2.04. The average molecular weight is 412 g/mol. The minimum Gasteiger partial charge on any atom is -0.338 e. The Balaban J connectivity index is 1.40. The van der Waals surface area contributed by atoms with Gasteiger partial charge in [-0.15, -0.1) is 0 Å². The summed E-state index contributed by atoms with van der Waals surface area (Å²) in [6.07, 6.45) is 2.90. The van der Waals surface area contributed by atoms with E-state index >= 15 is 0 Å². The first-order valence-corrected chi connectivity index (χ1v) is 10.2. The molecule has 2 aromatic carbocycles. The molecule has 0 unspecified atom stereocenters. The molecule has 2 aromatic rings. The maximum absolute atomic E-state index is 12.5. The fraction of sp³-hybridized carbons (Fsp3) is 0.318. The van der Waals surface area contributed by atoms with Crippen molar-refractivity contribution < 1.29 is 14.4 Å². The zero-order valence-electron chi connectivity index (χ0n) is 16.0. The van der Waals surface area contributed by atoms with E-state index in [-0.39, 0.29) is 17.7 Å². The SMILES string of the molecule is O=C(Nc1ccc(N2CCCC2=O)c(Cl)c1)c1ccc(CN2CCCC2=O)cc1. The number of carbonyl (C=O) groups excluding carboxylic acids is 3. The molecule has 2 heterocycles. The molecule has 0 bridgehead atoms. The highest BCUT2D eigenvalue weighted by atomic mass is 35.5. The number of hydrogen-bond acceptors (Lipinski definition) is 3. The van der Waals surface area contributed by atoms with Crippen LogP contribution < -0.4 is 10.2 Å². The van der Waals surface area contributed by atoms with Gasteiger partial charge in [0.25, 0.3) is 5.91 Å². The topological polar surface area (TPSA) is 69.7 Å². The molecule has 2 aliphatic rings. The molecule has 0 aliphatic carbocycles. The molecular formula is C22H22ClN3O3. The highest BCUT2D eigenvalue weighted by Crippen LogP contribution is 2.31. The van der Waals surface area contributed by atoms with Gasteiger partial charge in [-0.2, -0.15) is 0 Å².